The number of nitrogens with zero attached hydrogens (tertiary/aromatic N) is 1. The highest BCUT2D eigenvalue weighted by molar-refractivity contribution is 9.10. The fraction of sp³-hybridized carbons (Fsp3) is 0.364. The Morgan fingerprint density at radius 3 is 2.21 bits per heavy atom. The van der Waals surface area contributed by atoms with Crippen molar-refractivity contribution in [3.05, 3.63) is 64.1 Å². The fourth-order valence-corrected chi connectivity index (χ4v) is 3.00. The number of aryl methyl sites for hydroxylation is 1. The van der Waals surface area contributed by atoms with Crippen LogP contribution in [0, 0.1) is 0 Å². The normalized spacial score (nSPS) is 11.6. The van der Waals surface area contributed by atoms with Gasteiger partial charge in [0, 0.05) is 17.6 Å². The highest BCUT2D eigenvalue weighted by Gasteiger charge is 2.26. The van der Waals surface area contributed by atoms with E-state index >= 15 is 0 Å². The number of rotatable bonds is 9. The van der Waals surface area contributed by atoms with Gasteiger partial charge in [0.25, 0.3) is 5.91 Å². The van der Waals surface area contributed by atoms with Gasteiger partial charge in [-0.05, 0) is 55.7 Å². The number of hydrogen-bond acceptors (Lipinski definition) is 3. The molecular formula is C22H27BrN2O3. The van der Waals surface area contributed by atoms with Crippen molar-refractivity contribution in [3.8, 4) is 5.75 Å². The molecule has 2 aromatic rings. The van der Waals surface area contributed by atoms with E-state index in [2.05, 4.69) is 28.2 Å². The maximum Gasteiger partial charge on any atom is 0.261 e. The SMILES string of the molecule is CCNC(=O)[C@H](C)N(Cc1ccc(Br)cc1)C(=O)COc1ccc(CC)cc1. The summed E-state index contributed by atoms with van der Waals surface area (Å²) in [5.41, 5.74) is 2.15. The van der Waals surface area contributed by atoms with Gasteiger partial charge in [0.1, 0.15) is 11.8 Å². The minimum atomic E-state index is -0.595. The Morgan fingerprint density at radius 1 is 1.04 bits per heavy atom. The largest absolute Gasteiger partial charge is 0.484 e. The van der Waals surface area contributed by atoms with Crippen LogP contribution < -0.4 is 10.1 Å². The average Bonchev–Trinajstić information content (AvgIpc) is 2.71. The Kier molecular flexibility index (Phi) is 8.51. The van der Waals surface area contributed by atoms with Gasteiger partial charge >= 0.3 is 0 Å². The second-order valence-corrected chi connectivity index (χ2v) is 7.42. The topological polar surface area (TPSA) is 58.6 Å². The lowest BCUT2D eigenvalue weighted by atomic mass is 10.1. The van der Waals surface area contributed by atoms with Gasteiger partial charge in [-0.25, -0.2) is 0 Å². The van der Waals surface area contributed by atoms with Crippen LogP contribution in [0.15, 0.2) is 53.0 Å². The molecule has 150 valence electrons. The summed E-state index contributed by atoms with van der Waals surface area (Å²) in [6.45, 7) is 6.41. The Balaban J connectivity index is 2.10. The van der Waals surface area contributed by atoms with E-state index in [9.17, 15) is 9.59 Å². The summed E-state index contributed by atoms with van der Waals surface area (Å²) < 4.78 is 6.63. The van der Waals surface area contributed by atoms with Crippen LogP contribution in [0.2, 0.25) is 0 Å². The Bertz CT molecular complexity index is 775. The minimum absolute atomic E-state index is 0.119. The van der Waals surface area contributed by atoms with E-state index in [1.165, 1.54) is 5.56 Å². The van der Waals surface area contributed by atoms with E-state index in [4.69, 9.17) is 4.74 Å². The molecule has 0 fully saturated rings. The zero-order valence-corrected chi connectivity index (χ0v) is 18.2. The van der Waals surface area contributed by atoms with Crippen LogP contribution >= 0.6 is 15.9 Å². The molecule has 0 aromatic heterocycles. The van der Waals surface area contributed by atoms with E-state index in [-0.39, 0.29) is 18.4 Å². The predicted molar refractivity (Wildman–Crippen MR) is 114 cm³/mol. The second-order valence-electron chi connectivity index (χ2n) is 6.50. The molecule has 2 amide bonds. The van der Waals surface area contributed by atoms with E-state index in [0.29, 0.717) is 18.8 Å². The number of nitrogens with one attached hydrogen (secondary N) is 1. The third-order valence-electron chi connectivity index (χ3n) is 4.48. The van der Waals surface area contributed by atoms with Crippen molar-refractivity contribution >= 4 is 27.7 Å². The van der Waals surface area contributed by atoms with Crippen molar-refractivity contribution in [1.29, 1.82) is 0 Å². The summed E-state index contributed by atoms with van der Waals surface area (Å²) in [7, 11) is 0. The molecular weight excluding hydrogens is 420 g/mol. The zero-order chi connectivity index (χ0) is 20.5. The van der Waals surface area contributed by atoms with Crippen LogP contribution in [0.5, 0.6) is 5.75 Å². The average molecular weight is 447 g/mol. The molecule has 0 aliphatic heterocycles. The lowest BCUT2D eigenvalue weighted by Crippen LogP contribution is -2.49. The minimum Gasteiger partial charge on any atom is -0.484 e. The molecule has 0 heterocycles. The summed E-state index contributed by atoms with van der Waals surface area (Å²) in [4.78, 5) is 26.7. The maximum atomic E-state index is 12.9. The smallest absolute Gasteiger partial charge is 0.261 e. The number of halogens is 1. The zero-order valence-electron chi connectivity index (χ0n) is 16.6. The summed E-state index contributed by atoms with van der Waals surface area (Å²) >= 11 is 3.41. The Labute approximate surface area is 175 Å². The molecule has 28 heavy (non-hydrogen) atoms. The summed E-state index contributed by atoms with van der Waals surface area (Å²) in [5.74, 6) is 0.223. The number of amides is 2. The number of benzene rings is 2. The first-order valence-corrected chi connectivity index (χ1v) is 10.3. The molecule has 0 saturated heterocycles. The molecule has 0 aliphatic rings. The molecule has 1 atom stereocenters. The lowest BCUT2D eigenvalue weighted by molar-refractivity contribution is -0.142. The molecule has 1 N–H and O–H groups in total. The van der Waals surface area contributed by atoms with Crippen molar-refractivity contribution < 1.29 is 14.3 Å². The Hall–Kier alpha value is -2.34. The van der Waals surface area contributed by atoms with E-state index in [0.717, 1.165) is 16.5 Å². The molecule has 0 aliphatic carbocycles. The molecule has 0 spiro atoms. The molecule has 6 heteroatoms. The molecule has 0 saturated carbocycles. The number of carbonyl (C=O) groups excluding carboxylic acids is 2. The van der Waals surface area contributed by atoms with Crippen LogP contribution in [-0.2, 0) is 22.6 Å². The maximum absolute atomic E-state index is 12.9. The van der Waals surface area contributed by atoms with Gasteiger partial charge in [-0.3, -0.25) is 9.59 Å². The van der Waals surface area contributed by atoms with E-state index in [1.807, 2.05) is 55.5 Å². The van der Waals surface area contributed by atoms with Gasteiger partial charge in [0.05, 0.1) is 0 Å². The first-order chi connectivity index (χ1) is 13.4. The lowest BCUT2D eigenvalue weighted by Gasteiger charge is -2.28. The Morgan fingerprint density at radius 2 is 1.64 bits per heavy atom. The molecule has 2 aromatic carbocycles. The molecule has 0 unspecified atom stereocenters. The van der Waals surface area contributed by atoms with Crippen molar-refractivity contribution in [2.75, 3.05) is 13.2 Å². The quantitative estimate of drug-likeness (QED) is 0.634. The summed E-state index contributed by atoms with van der Waals surface area (Å²) in [5, 5.41) is 2.78. The summed E-state index contributed by atoms with van der Waals surface area (Å²) in [6.07, 6.45) is 0.949. The highest BCUT2D eigenvalue weighted by Crippen LogP contribution is 2.16. The third-order valence-corrected chi connectivity index (χ3v) is 5.01. The first-order valence-electron chi connectivity index (χ1n) is 9.48. The van der Waals surface area contributed by atoms with Crippen molar-refractivity contribution in [2.24, 2.45) is 0 Å². The van der Waals surface area contributed by atoms with Gasteiger partial charge in [-0.2, -0.15) is 0 Å². The fourth-order valence-electron chi connectivity index (χ4n) is 2.74. The van der Waals surface area contributed by atoms with E-state index in [1.54, 1.807) is 11.8 Å². The van der Waals surface area contributed by atoms with E-state index < -0.39 is 6.04 Å². The van der Waals surface area contributed by atoms with Gasteiger partial charge in [0.15, 0.2) is 6.61 Å². The van der Waals surface area contributed by atoms with Crippen molar-refractivity contribution in [1.82, 2.24) is 10.2 Å². The number of ether oxygens (including phenoxy) is 1. The first kappa shape index (κ1) is 22.0. The number of likely N-dealkylation sites (N-methyl/N-ethyl adjacent to an activating group) is 1. The van der Waals surface area contributed by atoms with Crippen molar-refractivity contribution in [2.45, 2.75) is 39.8 Å². The number of carbonyl (C=O) groups is 2. The van der Waals surface area contributed by atoms with Crippen LogP contribution in [0.1, 0.15) is 31.9 Å². The second kappa shape index (κ2) is 10.9. The van der Waals surface area contributed by atoms with Crippen LogP contribution in [0.4, 0.5) is 0 Å². The molecule has 0 radical (unpaired) electrons. The highest BCUT2D eigenvalue weighted by atomic mass is 79.9. The predicted octanol–water partition coefficient (Wildman–Crippen LogP) is 3.94. The molecule has 5 nitrogen and oxygen atoms in total. The monoisotopic (exact) mass is 446 g/mol. The third kappa shape index (κ3) is 6.37. The molecule has 2 rings (SSSR count). The number of hydrogen-bond donors (Lipinski definition) is 1. The van der Waals surface area contributed by atoms with Crippen LogP contribution in [0.25, 0.3) is 0 Å². The van der Waals surface area contributed by atoms with Crippen LogP contribution in [-0.4, -0.2) is 35.9 Å². The summed E-state index contributed by atoms with van der Waals surface area (Å²) in [6, 6.07) is 14.8. The van der Waals surface area contributed by atoms with Crippen molar-refractivity contribution in [3.63, 3.8) is 0 Å². The van der Waals surface area contributed by atoms with Gasteiger partial charge in [0.2, 0.25) is 5.91 Å². The van der Waals surface area contributed by atoms with Crippen LogP contribution in [0.3, 0.4) is 0 Å². The van der Waals surface area contributed by atoms with Gasteiger partial charge in [-0.15, -0.1) is 0 Å². The standard InChI is InChI=1S/C22H27BrN2O3/c1-4-17-8-12-20(13-9-17)28-15-21(26)25(16(3)22(27)24-5-2)14-18-6-10-19(23)11-7-18/h6-13,16H,4-5,14-15H2,1-3H3,(H,24,27)/t16-/m0/s1. The van der Waals surface area contributed by atoms with Gasteiger partial charge < -0.3 is 15.0 Å². The molecule has 0 bridgehead atoms. The van der Waals surface area contributed by atoms with Gasteiger partial charge in [-0.1, -0.05) is 47.1 Å².